The second kappa shape index (κ2) is 9.78. The zero-order valence-corrected chi connectivity index (χ0v) is 15.9. The monoisotopic (exact) mass is 383 g/mol. The van der Waals surface area contributed by atoms with Gasteiger partial charge < -0.3 is 14.6 Å². The lowest BCUT2D eigenvalue weighted by atomic mass is 10.2. The van der Waals surface area contributed by atoms with Crippen LogP contribution in [0.4, 0.5) is 0 Å². The van der Waals surface area contributed by atoms with Crippen molar-refractivity contribution in [2.45, 2.75) is 24.1 Å². The smallest absolute Gasteiger partial charge is 0.254 e. The third-order valence-electron chi connectivity index (χ3n) is 3.67. The van der Waals surface area contributed by atoms with E-state index in [-0.39, 0.29) is 5.91 Å². The minimum Gasteiger partial charge on any atom is -0.494 e. The first-order valence-electron chi connectivity index (χ1n) is 8.68. The minimum absolute atomic E-state index is 0.137. The van der Waals surface area contributed by atoms with Gasteiger partial charge in [0.05, 0.1) is 17.9 Å². The van der Waals surface area contributed by atoms with E-state index < -0.39 is 0 Å². The minimum atomic E-state index is -0.137. The van der Waals surface area contributed by atoms with Gasteiger partial charge in [-0.05, 0) is 37.6 Å². The fourth-order valence-corrected chi connectivity index (χ4v) is 3.26. The maximum Gasteiger partial charge on any atom is 0.254 e. The van der Waals surface area contributed by atoms with E-state index in [4.69, 9.17) is 9.26 Å². The Kier molecular flexibility index (Phi) is 6.87. The van der Waals surface area contributed by atoms with Crippen LogP contribution in [-0.4, -0.2) is 29.2 Å². The summed E-state index contributed by atoms with van der Waals surface area (Å²) >= 11 is 1.46. The van der Waals surface area contributed by atoms with Crippen LogP contribution in [0.2, 0.25) is 0 Å². The van der Waals surface area contributed by atoms with Gasteiger partial charge in [-0.2, -0.15) is 0 Å². The number of rotatable bonds is 9. The van der Waals surface area contributed by atoms with Crippen molar-refractivity contribution in [1.29, 1.82) is 0 Å². The number of hydrogen-bond acceptors (Lipinski definition) is 6. The van der Waals surface area contributed by atoms with Gasteiger partial charge >= 0.3 is 0 Å². The quantitative estimate of drug-likeness (QED) is 0.446. The normalized spacial score (nSPS) is 10.6. The highest BCUT2D eigenvalue weighted by Gasteiger charge is 2.13. The molecule has 1 aromatic carbocycles. The number of aryl methyl sites for hydroxylation is 1. The molecule has 0 aliphatic heterocycles. The molecular formula is C20H21N3O3S. The second-order valence-electron chi connectivity index (χ2n) is 5.84. The average Bonchev–Trinajstić information content (AvgIpc) is 3.12. The first-order chi connectivity index (χ1) is 13.2. The summed E-state index contributed by atoms with van der Waals surface area (Å²) in [7, 11) is 0. The standard InChI is InChI=1S/C20H21N3O3S/c1-15-13-16(23-26-15)14-27-20-18(9-5-10-22-20)19(24)21-11-6-12-25-17-7-3-2-4-8-17/h2-5,7-10,13H,6,11-12,14H2,1H3,(H,21,24). The maximum absolute atomic E-state index is 12.5. The van der Waals surface area contributed by atoms with Crippen molar-refractivity contribution in [2.75, 3.05) is 13.2 Å². The van der Waals surface area contributed by atoms with E-state index in [1.807, 2.05) is 43.3 Å². The van der Waals surface area contributed by atoms with Crippen LogP contribution < -0.4 is 10.1 Å². The molecule has 0 aliphatic rings. The Balaban J connectivity index is 1.46. The molecule has 2 heterocycles. The van der Waals surface area contributed by atoms with Crippen molar-refractivity contribution in [2.24, 2.45) is 0 Å². The van der Waals surface area contributed by atoms with Gasteiger partial charge in [0.25, 0.3) is 5.91 Å². The fraction of sp³-hybridized carbons (Fsp3) is 0.250. The largest absolute Gasteiger partial charge is 0.494 e. The summed E-state index contributed by atoms with van der Waals surface area (Å²) in [5, 5.41) is 7.56. The number of para-hydroxylation sites is 1. The van der Waals surface area contributed by atoms with Gasteiger partial charge in [-0.3, -0.25) is 4.79 Å². The van der Waals surface area contributed by atoms with E-state index in [9.17, 15) is 4.79 Å². The molecule has 1 amide bonds. The molecule has 7 heteroatoms. The number of carbonyl (C=O) groups excluding carboxylic acids is 1. The van der Waals surface area contributed by atoms with Crippen LogP contribution in [0.1, 0.15) is 28.2 Å². The number of ether oxygens (including phenoxy) is 1. The molecule has 3 aromatic rings. The number of thioether (sulfide) groups is 1. The third-order valence-corrected chi connectivity index (χ3v) is 4.71. The molecule has 0 saturated heterocycles. The van der Waals surface area contributed by atoms with Crippen LogP contribution in [-0.2, 0) is 5.75 Å². The fourth-order valence-electron chi connectivity index (χ4n) is 2.38. The highest BCUT2D eigenvalue weighted by Crippen LogP contribution is 2.24. The molecule has 0 bridgehead atoms. The predicted molar refractivity (Wildman–Crippen MR) is 104 cm³/mol. The number of nitrogens with zero attached hydrogens (tertiary/aromatic N) is 2. The van der Waals surface area contributed by atoms with Crippen molar-refractivity contribution < 1.29 is 14.1 Å². The molecule has 0 radical (unpaired) electrons. The molecule has 0 atom stereocenters. The zero-order valence-electron chi connectivity index (χ0n) is 15.1. The predicted octanol–water partition coefficient (Wildman–Crippen LogP) is 3.87. The van der Waals surface area contributed by atoms with Crippen LogP contribution in [0.5, 0.6) is 5.75 Å². The Hall–Kier alpha value is -2.80. The van der Waals surface area contributed by atoms with Gasteiger partial charge in [0, 0.05) is 24.6 Å². The number of amides is 1. The van der Waals surface area contributed by atoms with Gasteiger partial charge in [0.2, 0.25) is 0 Å². The first-order valence-corrected chi connectivity index (χ1v) is 9.67. The summed E-state index contributed by atoms with van der Waals surface area (Å²) < 4.78 is 10.7. The van der Waals surface area contributed by atoms with Crippen molar-refractivity contribution >= 4 is 17.7 Å². The van der Waals surface area contributed by atoms with Gasteiger partial charge in [0.1, 0.15) is 16.5 Å². The molecule has 6 nitrogen and oxygen atoms in total. The molecule has 0 fully saturated rings. The lowest BCUT2D eigenvalue weighted by Gasteiger charge is -2.09. The number of benzene rings is 1. The number of nitrogens with one attached hydrogen (secondary N) is 1. The molecule has 2 aromatic heterocycles. The van der Waals surface area contributed by atoms with E-state index in [1.165, 1.54) is 11.8 Å². The molecule has 3 rings (SSSR count). The molecule has 1 N–H and O–H groups in total. The number of carbonyl (C=O) groups is 1. The molecule has 27 heavy (non-hydrogen) atoms. The molecule has 0 saturated carbocycles. The summed E-state index contributed by atoms with van der Waals surface area (Å²) in [6, 6.07) is 15.0. The highest BCUT2D eigenvalue weighted by molar-refractivity contribution is 7.98. The van der Waals surface area contributed by atoms with Crippen LogP contribution in [0.25, 0.3) is 0 Å². The van der Waals surface area contributed by atoms with Crippen molar-refractivity contribution in [3.63, 3.8) is 0 Å². The molecule has 140 valence electrons. The summed E-state index contributed by atoms with van der Waals surface area (Å²) in [6.07, 6.45) is 2.41. The Morgan fingerprint density at radius 2 is 2.07 bits per heavy atom. The van der Waals surface area contributed by atoms with E-state index in [1.54, 1.807) is 18.3 Å². The van der Waals surface area contributed by atoms with Gasteiger partial charge in [-0.15, -0.1) is 0 Å². The van der Waals surface area contributed by atoms with E-state index in [0.717, 1.165) is 23.6 Å². The summed E-state index contributed by atoms with van der Waals surface area (Å²) in [5.41, 5.74) is 1.39. The van der Waals surface area contributed by atoms with E-state index in [2.05, 4.69) is 15.5 Å². The summed E-state index contributed by atoms with van der Waals surface area (Å²) in [5.74, 6) is 2.06. The van der Waals surface area contributed by atoms with Gasteiger partial charge in [-0.1, -0.05) is 35.1 Å². The van der Waals surface area contributed by atoms with Crippen LogP contribution >= 0.6 is 11.8 Å². The Morgan fingerprint density at radius 3 is 2.85 bits per heavy atom. The summed E-state index contributed by atoms with van der Waals surface area (Å²) in [6.45, 7) is 2.93. The lowest BCUT2D eigenvalue weighted by molar-refractivity contribution is 0.0948. The molecular weight excluding hydrogens is 362 g/mol. The number of aromatic nitrogens is 2. The molecule has 0 aliphatic carbocycles. The average molecular weight is 383 g/mol. The summed E-state index contributed by atoms with van der Waals surface area (Å²) in [4.78, 5) is 16.8. The third kappa shape index (κ3) is 5.86. The Labute approximate surface area is 162 Å². The topological polar surface area (TPSA) is 77.2 Å². The van der Waals surface area contributed by atoms with Crippen LogP contribution in [0, 0.1) is 6.92 Å². The second-order valence-corrected chi connectivity index (χ2v) is 6.81. The van der Waals surface area contributed by atoms with Crippen LogP contribution in [0.3, 0.4) is 0 Å². The van der Waals surface area contributed by atoms with Crippen molar-refractivity contribution in [1.82, 2.24) is 15.5 Å². The first kappa shape index (κ1) is 19.0. The molecule has 0 spiro atoms. The molecule has 0 unspecified atom stereocenters. The Bertz CT molecular complexity index is 868. The highest BCUT2D eigenvalue weighted by atomic mass is 32.2. The van der Waals surface area contributed by atoms with Gasteiger partial charge in [0.15, 0.2) is 0 Å². The van der Waals surface area contributed by atoms with E-state index >= 15 is 0 Å². The van der Waals surface area contributed by atoms with Crippen LogP contribution in [0.15, 0.2) is 64.3 Å². The maximum atomic E-state index is 12.5. The zero-order chi connectivity index (χ0) is 18.9. The lowest BCUT2D eigenvalue weighted by Crippen LogP contribution is -2.26. The van der Waals surface area contributed by atoms with E-state index in [0.29, 0.717) is 29.5 Å². The van der Waals surface area contributed by atoms with Crippen molar-refractivity contribution in [3.05, 3.63) is 71.7 Å². The van der Waals surface area contributed by atoms with Crippen molar-refractivity contribution in [3.8, 4) is 5.75 Å². The van der Waals surface area contributed by atoms with Gasteiger partial charge in [-0.25, -0.2) is 4.98 Å². The SMILES string of the molecule is Cc1cc(CSc2ncccc2C(=O)NCCCOc2ccccc2)no1. The Morgan fingerprint density at radius 1 is 1.22 bits per heavy atom. The number of hydrogen-bond donors (Lipinski definition) is 1. The number of pyridine rings is 1.